The van der Waals surface area contributed by atoms with Crippen LogP contribution in [0.1, 0.15) is 6.92 Å². The molecule has 0 aliphatic carbocycles. The van der Waals surface area contributed by atoms with Crippen LogP contribution >= 0.6 is 0 Å². The Morgan fingerprint density at radius 1 is 0.769 bits per heavy atom. The van der Waals surface area contributed by atoms with E-state index in [1.807, 2.05) is 0 Å². The summed E-state index contributed by atoms with van der Waals surface area (Å²) in [7, 11) is 4.00. The van der Waals surface area contributed by atoms with Gasteiger partial charge in [0.25, 0.3) is 5.97 Å². The second-order valence-electron chi connectivity index (χ2n) is 0.519. The molecule has 0 aliphatic rings. The molecule has 6 nitrogen and oxygen atoms in total. The molecular weight excluding hydrogens is 219 g/mol. The van der Waals surface area contributed by atoms with Crippen molar-refractivity contribution < 1.29 is 48.9 Å². The molecule has 7 heteroatoms. The van der Waals surface area contributed by atoms with Gasteiger partial charge in [0.05, 0.1) is 0 Å². The van der Waals surface area contributed by atoms with Gasteiger partial charge in [-0.3, -0.25) is 4.79 Å². The van der Waals surface area contributed by atoms with E-state index in [9.17, 15) is 0 Å². The molecule has 0 saturated heterocycles. The van der Waals surface area contributed by atoms with Crippen LogP contribution in [0, 0.1) is 0 Å². The maximum absolute atomic E-state index is 9.00. The van der Waals surface area contributed by atoms with Crippen molar-refractivity contribution in [3.05, 3.63) is 0 Å². The van der Waals surface area contributed by atoms with E-state index in [1.54, 1.807) is 0 Å². The zero-order valence-corrected chi connectivity index (χ0v) is 9.99. The molecule has 0 unspecified atom stereocenters. The number of aliphatic hydroxyl groups is 4. The summed E-state index contributed by atoms with van der Waals surface area (Å²) in [4.78, 5) is 9.00. The van der Waals surface area contributed by atoms with Gasteiger partial charge in [0.1, 0.15) is 0 Å². The molecule has 0 aromatic rings. The van der Waals surface area contributed by atoms with Crippen LogP contribution in [-0.4, -0.2) is 59.9 Å². The van der Waals surface area contributed by atoms with Crippen molar-refractivity contribution in [3.8, 4) is 0 Å². The SMILES string of the molecule is CC(=O)O.CO.CO.CO.CO.[V]. The number of aliphatic carboxylic acids is 1. The Balaban J connectivity index is -0.0000000122. The number of rotatable bonds is 0. The predicted octanol–water partition coefficient (Wildman–Crippen LogP) is -1.48. The maximum atomic E-state index is 9.00. The monoisotopic (exact) mass is 239 g/mol. The van der Waals surface area contributed by atoms with Crippen molar-refractivity contribution in [1.82, 2.24) is 0 Å². The van der Waals surface area contributed by atoms with Crippen LogP contribution in [0.4, 0.5) is 0 Å². The maximum Gasteiger partial charge on any atom is 0.300 e. The molecule has 5 N–H and O–H groups in total. The molecular formula is C6H20O6V. The second kappa shape index (κ2) is 169. The molecule has 0 fully saturated rings. The summed E-state index contributed by atoms with van der Waals surface area (Å²) in [5.74, 6) is -0.833. The molecule has 0 amide bonds. The number of carboxylic acids is 1. The molecule has 0 spiro atoms. The third-order valence-corrected chi connectivity index (χ3v) is 0. The Hall–Kier alpha value is -0.106. The minimum atomic E-state index is -0.833. The predicted molar refractivity (Wildman–Crippen MR) is 45.9 cm³/mol. The summed E-state index contributed by atoms with van der Waals surface area (Å²) in [6.45, 7) is 1.08. The first-order chi connectivity index (χ1) is 5.73. The fourth-order valence-electron chi connectivity index (χ4n) is 0. The summed E-state index contributed by atoms with van der Waals surface area (Å²) in [6.07, 6.45) is 0. The fourth-order valence-corrected chi connectivity index (χ4v) is 0. The van der Waals surface area contributed by atoms with Gasteiger partial charge in [0.2, 0.25) is 0 Å². The van der Waals surface area contributed by atoms with Crippen molar-refractivity contribution >= 4 is 5.97 Å². The van der Waals surface area contributed by atoms with Crippen LogP contribution < -0.4 is 0 Å². The molecule has 0 aromatic carbocycles. The van der Waals surface area contributed by atoms with Crippen LogP contribution in [0.2, 0.25) is 0 Å². The third kappa shape index (κ3) is 104000. The largest absolute Gasteiger partial charge is 0.481 e. The van der Waals surface area contributed by atoms with Crippen molar-refractivity contribution in [2.45, 2.75) is 6.92 Å². The third-order valence-electron chi connectivity index (χ3n) is 0. The molecule has 13 heavy (non-hydrogen) atoms. The Morgan fingerprint density at radius 2 is 0.769 bits per heavy atom. The summed E-state index contributed by atoms with van der Waals surface area (Å²) < 4.78 is 0. The fraction of sp³-hybridized carbons (Fsp3) is 0.833. The van der Waals surface area contributed by atoms with Gasteiger partial charge >= 0.3 is 0 Å². The average molecular weight is 239 g/mol. The van der Waals surface area contributed by atoms with E-state index in [0.717, 1.165) is 35.4 Å². The Labute approximate surface area is 90.7 Å². The minimum Gasteiger partial charge on any atom is -0.481 e. The smallest absolute Gasteiger partial charge is 0.300 e. The Bertz CT molecular complexity index is 40.1. The van der Waals surface area contributed by atoms with Gasteiger partial charge in [-0.1, -0.05) is 0 Å². The quantitative estimate of drug-likeness (QED) is 0.352. The van der Waals surface area contributed by atoms with Gasteiger partial charge < -0.3 is 25.5 Å². The standard InChI is InChI=1S/C2H4O2.4CH4O.V/c1-2(3)4;4*1-2;/h1H3,(H,3,4);4*2H,1H3;. The van der Waals surface area contributed by atoms with E-state index in [1.165, 1.54) is 0 Å². The Kier molecular flexibility index (Phi) is 497. The first-order valence-corrected chi connectivity index (χ1v) is 2.72. The summed E-state index contributed by atoms with van der Waals surface area (Å²) in [6, 6.07) is 0. The Morgan fingerprint density at radius 3 is 0.769 bits per heavy atom. The summed E-state index contributed by atoms with van der Waals surface area (Å²) in [5, 5.41) is 35.4. The van der Waals surface area contributed by atoms with Crippen LogP contribution in [-0.2, 0) is 23.4 Å². The van der Waals surface area contributed by atoms with E-state index in [0.29, 0.717) is 0 Å². The molecule has 1 radical (unpaired) electrons. The first-order valence-electron chi connectivity index (χ1n) is 2.72. The van der Waals surface area contributed by atoms with E-state index in [-0.39, 0.29) is 18.6 Å². The van der Waals surface area contributed by atoms with Crippen molar-refractivity contribution in [1.29, 1.82) is 0 Å². The first kappa shape index (κ1) is 38.4. The van der Waals surface area contributed by atoms with Crippen LogP contribution in [0.25, 0.3) is 0 Å². The minimum absolute atomic E-state index is 0. The van der Waals surface area contributed by atoms with E-state index in [4.69, 9.17) is 30.3 Å². The van der Waals surface area contributed by atoms with E-state index in [2.05, 4.69) is 0 Å². The van der Waals surface area contributed by atoms with Gasteiger partial charge in [0.15, 0.2) is 0 Å². The van der Waals surface area contributed by atoms with Crippen LogP contribution in [0.5, 0.6) is 0 Å². The van der Waals surface area contributed by atoms with Gasteiger partial charge in [-0.15, -0.1) is 0 Å². The van der Waals surface area contributed by atoms with Crippen LogP contribution in [0.15, 0.2) is 0 Å². The molecule has 0 aliphatic heterocycles. The molecule has 0 atom stereocenters. The topological polar surface area (TPSA) is 118 Å². The average Bonchev–Trinajstić information content (AvgIpc) is 2.16. The summed E-state index contributed by atoms with van der Waals surface area (Å²) in [5.41, 5.74) is 0. The zero-order chi connectivity index (χ0) is 11.6. The second-order valence-corrected chi connectivity index (χ2v) is 0.519. The van der Waals surface area contributed by atoms with Gasteiger partial charge in [-0.05, 0) is 0 Å². The molecule has 85 valence electrons. The van der Waals surface area contributed by atoms with E-state index >= 15 is 0 Å². The van der Waals surface area contributed by atoms with E-state index < -0.39 is 5.97 Å². The number of carbonyl (C=O) groups is 1. The molecule has 0 heterocycles. The number of hydrogen-bond donors (Lipinski definition) is 5. The number of carboxylic acid groups (broad SMARTS) is 1. The normalized spacial score (nSPS) is 3.77. The van der Waals surface area contributed by atoms with Gasteiger partial charge in [-0.2, -0.15) is 0 Å². The van der Waals surface area contributed by atoms with Crippen molar-refractivity contribution in [2.75, 3.05) is 28.4 Å². The van der Waals surface area contributed by atoms with Crippen molar-refractivity contribution in [2.24, 2.45) is 0 Å². The summed E-state index contributed by atoms with van der Waals surface area (Å²) >= 11 is 0. The van der Waals surface area contributed by atoms with Crippen molar-refractivity contribution in [3.63, 3.8) is 0 Å². The molecule has 0 saturated carbocycles. The van der Waals surface area contributed by atoms with Crippen LogP contribution in [0.3, 0.4) is 0 Å². The number of aliphatic hydroxyl groups excluding tert-OH is 4. The van der Waals surface area contributed by atoms with Gasteiger partial charge in [0, 0.05) is 53.9 Å². The molecule has 0 bridgehead atoms. The molecule has 0 aromatic heterocycles. The zero-order valence-electron chi connectivity index (χ0n) is 8.59. The van der Waals surface area contributed by atoms with Gasteiger partial charge in [-0.25, -0.2) is 0 Å². The number of hydrogen-bond acceptors (Lipinski definition) is 5. The molecule has 0 rings (SSSR count).